The van der Waals surface area contributed by atoms with Crippen LogP contribution in [0.3, 0.4) is 0 Å². The maximum Gasteiger partial charge on any atom is 0.136 e. The molecule has 0 amide bonds. The van der Waals surface area contributed by atoms with Gasteiger partial charge < -0.3 is 9.32 Å². The van der Waals surface area contributed by atoms with E-state index >= 15 is 0 Å². The summed E-state index contributed by atoms with van der Waals surface area (Å²) in [4.78, 5) is 2.41. The summed E-state index contributed by atoms with van der Waals surface area (Å²) in [5.41, 5.74) is 12.2. The predicted molar refractivity (Wildman–Crippen MR) is 237 cm³/mol. The number of furan rings is 1. The minimum atomic E-state index is 0.907. The van der Waals surface area contributed by atoms with Crippen molar-refractivity contribution >= 4 is 71.3 Å². The van der Waals surface area contributed by atoms with Crippen LogP contribution in [-0.2, 0) is 0 Å². The Hall–Kier alpha value is -7.42. The van der Waals surface area contributed by atoms with Crippen LogP contribution in [-0.4, -0.2) is 0 Å². The third kappa shape index (κ3) is 5.42. The Balaban J connectivity index is 1.01. The quantitative estimate of drug-likeness (QED) is 0.160. The molecule has 2 heteroatoms. The van der Waals surface area contributed by atoms with Gasteiger partial charge in [-0.25, -0.2) is 0 Å². The van der Waals surface area contributed by atoms with Crippen LogP contribution < -0.4 is 4.90 Å². The highest BCUT2D eigenvalue weighted by Gasteiger charge is 2.18. The van der Waals surface area contributed by atoms with E-state index in [9.17, 15) is 0 Å². The Morgan fingerprint density at radius 3 is 1.61 bits per heavy atom. The molecule has 0 aliphatic heterocycles. The highest BCUT2D eigenvalue weighted by atomic mass is 16.3. The van der Waals surface area contributed by atoms with Crippen LogP contribution in [0.15, 0.2) is 217 Å². The topological polar surface area (TPSA) is 16.4 Å². The third-order valence-corrected chi connectivity index (χ3v) is 11.2. The highest BCUT2D eigenvalue weighted by molar-refractivity contribution is 6.14. The van der Waals surface area contributed by atoms with Crippen LogP contribution in [0.4, 0.5) is 17.1 Å². The van der Waals surface area contributed by atoms with Crippen molar-refractivity contribution < 1.29 is 4.42 Å². The lowest BCUT2D eigenvalue weighted by Gasteiger charge is -2.28. The first kappa shape index (κ1) is 32.0. The van der Waals surface area contributed by atoms with Crippen LogP contribution in [0.5, 0.6) is 0 Å². The van der Waals surface area contributed by atoms with Crippen LogP contribution >= 0.6 is 0 Å². The van der Waals surface area contributed by atoms with Crippen LogP contribution in [0, 0.1) is 0 Å². The van der Waals surface area contributed by atoms with Gasteiger partial charge in [0.1, 0.15) is 11.2 Å². The SMILES string of the molecule is c1cc(-c2ccc(N(c3ccc(-c4cccc5ccccc45)cc3)c3cc4ccccc4c4ccccc34)cc2)cc(-c2ccc3c(c2)oc2ccccc23)c1. The van der Waals surface area contributed by atoms with E-state index in [1.54, 1.807) is 0 Å². The van der Waals surface area contributed by atoms with Gasteiger partial charge in [0.15, 0.2) is 0 Å². The zero-order valence-corrected chi connectivity index (χ0v) is 30.6. The van der Waals surface area contributed by atoms with Crippen molar-refractivity contribution in [2.45, 2.75) is 0 Å². The number of hydrogen-bond donors (Lipinski definition) is 0. The second-order valence-corrected chi connectivity index (χ2v) is 14.5. The average molecular weight is 714 g/mol. The molecule has 10 aromatic carbocycles. The number of para-hydroxylation sites is 1. The molecule has 1 aromatic heterocycles. The number of nitrogens with zero attached hydrogens (tertiary/aromatic N) is 1. The maximum atomic E-state index is 6.23. The summed E-state index contributed by atoms with van der Waals surface area (Å²) in [7, 11) is 0. The molecule has 262 valence electrons. The second-order valence-electron chi connectivity index (χ2n) is 14.5. The van der Waals surface area contributed by atoms with E-state index in [-0.39, 0.29) is 0 Å². The maximum absolute atomic E-state index is 6.23. The lowest BCUT2D eigenvalue weighted by atomic mass is 9.96. The Labute approximate surface area is 325 Å². The van der Waals surface area contributed by atoms with Crippen molar-refractivity contribution in [2.75, 3.05) is 4.90 Å². The number of benzene rings is 10. The third-order valence-electron chi connectivity index (χ3n) is 11.2. The molecule has 0 spiro atoms. The van der Waals surface area contributed by atoms with Gasteiger partial charge in [0.2, 0.25) is 0 Å². The zero-order valence-electron chi connectivity index (χ0n) is 30.6. The van der Waals surface area contributed by atoms with E-state index in [2.05, 4.69) is 205 Å². The summed E-state index contributed by atoms with van der Waals surface area (Å²) in [5.74, 6) is 0. The van der Waals surface area contributed by atoms with E-state index in [0.29, 0.717) is 0 Å². The van der Waals surface area contributed by atoms with E-state index in [1.807, 2.05) is 12.1 Å². The standard InChI is InChI=1S/C54H35NO/c1-3-16-45-37(11-1)13-10-21-46(45)38-25-30-44(31-26-38)55(52-34-42-12-2-4-17-47(42)48-18-5-6-19-49(48)52)43-28-23-36(24-29-43)39-14-9-15-40(33-39)41-27-32-51-50-20-7-8-22-53(50)56-54(51)35-41/h1-35H. The van der Waals surface area contributed by atoms with Gasteiger partial charge in [0, 0.05) is 27.5 Å². The monoisotopic (exact) mass is 713 g/mol. The first-order valence-electron chi connectivity index (χ1n) is 19.2. The normalized spacial score (nSPS) is 11.6. The molecular formula is C54H35NO. The summed E-state index contributed by atoms with van der Waals surface area (Å²) in [6.07, 6.45) is 0. The molecule has 0 radical (unpaired) electrons. The van der Waals surface area contributed by atoms with Crippen molar-refractivity contribution in [1.29, 1.82) is 0 Å². The van der Waals surface area contributed by atoms with Crippen LogP contribution in [0.1, 0.15) is 0 Å². The first-order valence-corrected chi connectivity index (χ1v) is 19.2. The van der Waals surface area contributed by atoms with Crippen molar-refractivity contribution in [3.63, 3.8) is 0 Å². The highest BCUT2D eigenvalue weighted by Crippen LogP contribution is 2.43. The molecule has 1 heterocycles. The summed E-state index contributed by atoms with van der Waals surface area (Å²) < 4.78 is 6.23. The minimum Gasteiger partial charge on any atom is -0.456 e. The largest absolute Gasteiger partial charge is 0.456 e. The summed E-state index contributed by atoms with van der Waals surface area (Å²) in [5, 5.41) is 9.72. The summed E-state index contributed by atoms with van der Waals surface area (Å²) in [6.45, 7) is 0. The summed E-state index contributed by atoms with van der Waals surface area (Å²) in [6, 6.07) is 76.6. The molecule has 0 unspecified atom stereocenters. The molecule has 2 nitrogen and oxygen atoms in total. The molecule has 0 atom stereocenters. The number of hydrogen-bond acceptors (Lipinski definition) is 2. The smallest absolute Gasteiger partial charge is 0.136 e. The zero-order chi connectivity index (χ0) is 37.0. The van der Waals surface area contributed by atoms with E-state index in [0.717, 1.165) is 55.7 Å². The van der Waals surface area contributed by atoms with E-state index in [1.165, 1.54) is 49.0 Å². The average Bonchev–Trinajstić information content (AvgIpc) is 3.65. The van der Waals surface area contributed by atoms with Gasteiger partial charge in [-0.05, 0) is 115 Å². The van der Waals surface area contributed by atoms with Gasteiger partial charge >= 0.3 is 0 Å². The Morgan fingerprint density at radius 2 is 0.821 bits per heavy atom. The van der Waals surface area contributed by atoms with Gasteiger partial charge in [0.25, 0.3) is 0 Å². The first-order chi connectivity index (χ1) is 27.7. The molecule has 0 bridgehead atoms. The summed E-state index contributed by atoms with van der Waals surface area (Å²) >= 11 is 0. The lowest BCUT2D eigenvalue weighted by Crippen LogP contribution is -2.10. The van der Waals surface area contributed by atoms with Gasteiger partial charge in [0.05, 0.1) is 5.69 Å². The van der Waals surface area contributed by atoms with Crippen molar-refractivity contribution in [3.05, 3.63) is 212 Å². The molecule has 0 N–H and O–H groups in total. The molecule has 11 aromatic rings. The second kappa shape index (κ2) is 13.2. The Kier molecular flexibility index (Phi) is 7.53. The fourth-order valence-electron chi connectivity index (χ4n) is 8.50. The van der Waals surface area contributed by atoms with Crippen molar-refractivity contribution in [2.24, 2.45) is 0 Å². The van der Waals surface area contributed by atoms with Gasteiger partial charge in [-0.2, -0.15) is 0 Å². The molecule has 0 fully saturated rings. The van der Waals surface area contributed by atoms with E-state index < -0.39 is 0 Å². The molecule has 0 aliphatic rings. The van der Waals surface area contributed by atoms with Gasteiger partial charge in [-0.15, -0.1) is 0 Å². The van der Waals surface area contributed by atoms with E-state index in [4.69, 9.17) is 4.42 Å². The Morgan fingerprint density at radius 1 is 0.286 bits per heavy atom. The van der Waals surface area contributed by atoms with Crippen LogP contribution in [0.25, 0.3) is 87.6 Å². The molecule has 56 heavy (non-hydrogen) atoms. The number of anilines is 3. The fourth-order valence-corrected chi connectivity index (χ4v) is 8.50. The van der Waals surface area contributed by atoms with Crippen molar-refractivity contribution in [3.8, 4) is 33.4 Å². The van der Waals surface area contributed by atoms with Crippen LogP contribution in [0.2, 0.25) is 0 Å². The lowest BCUT2D eigenvalue weighted by molar-refractivity contribution is 0.669. The number of fused-ring (bicyclic) bond motifs is 7. The van der Waals surface area contributed by atoms with Gasteiger partial charge in [-0.3, -0.25) is 0 Å². The fraction of sp³-hybridized carbons (Fsp3) is 0. The molecular weight excluding hydrogens is 679 g/mol. The molecule has 0 saturated heterocycles. The molecule has 11 rings (SSSR count). The molecule has 0 saturated carbocycles. The van der Waals surface area contributed by atoms with Crippen molar-refractivity contribution in [1.82, 2.24) is 0 Å². The number of rotatable bonds is 6. The Bertz CT molecular complexity index is 3240. The predicted octanol–water partition coefficient (Wildman–Crippen LogP) is 15.5. The minimum absolute atomic E-state index is 0.907. The van der Waals surface area contributed by atoms with Gasteiger partial charge in [-0.1, -0.05) is 158 Å². The molecule has 0 aliphatic carbocycles.